The van der Waals surface area contributed by atoms with Crippen LogP contribution in [0.25, 0.3) is 16.9 Å². The first-order chi connectivity index (χ1) is 13.7. The number of para-hydroxylation sites is 1. The summed E-state index contributed by atoms with van der Waals surface area (Å²) in [7, 11) is 0. The van der Waals surface area contributed by atoms with Crippen molar-refractivity contribution in [2.45, 2.75) is 25.4 Å². The molecule has 0 radical (unpaired) electrons. The van der Waals surface area contributed by atoms with Crippen LogP contribution in [0.4, 0.5) is 0 Å². The average molecular weight is 396 g/mol. The second-order valence-electron chi connectivity index (χ2n) is 6.91. The molecule has 1 atom stereocenters. The van der Waals surface area contributed by atoms with Gasteiger partial charge in [0.05, 0.1) is 23.9 Å². The lowest BCUT2D eigenvalue weighted by Crippen LogP contribution is -2.32. The molecule has 1 fully saturated rings. The number of hydrogen-bond acceptors (Lipinski definition) is 3. The Balaban J connectivity index is 1.57. The van der Waals surface area contributed by atoms with Gasteiger partial charge in [-0.2, -0.15) is 5.10 Å². The number of ether oxygens (including phenoxy) is 1. The Morgan fingerprint density at radius 3 is 2.68 bits per heavy atom. The molecule has 2 heterocycles. The first kappa shape index (κ1) is 18.7. The minimum atomic E-state index is -0.0293. The SMILES string of the molecule is O=C(Cc1cn(-c2ccccc2)nc1-c1ccc(Cl)cc1)NC[C@@H]1CCCO1. The lowest BCUT2D eigenvalue weighted by atomic mass is 10.1. The molecule has 1 aliphatic rings. The molecule has 0 aliphatic carbocycles. The molecule has 1 amide bonds. The lowest BCUT2D eigenvalue weighted by molar-refractivity contribution is -0.120. The van der Waals surface area contributed by atoms with Crippen molar-refractivity contribution in [3.8, 4) is 16.9 Å². The maximum atomic E-state index is 12.5. The molecule has 6 heteroatoms. The van der Waals surface area contributed by atoms with E-state index in [1.54, 1.807) is 0 Å². The number of amides is 1. The molecule has 28 heavy (non-hydrogen) atoms. The molecular weight excluding hydrogens is 374 g/mol. The fourth-order valence-corrected chi connectivity index (χ4v) is 3.50. The number of benzene rings is 2. The number of aromatic nitrogens is 2. The summed E-state index contributed by atoms with van der Waals surface area (Å²) < 4.78 is 7.39. The van der Waals surface area contributed by atoms with Crippen LogP contribution in [0.3, 0.4) is 0 Å². The van der Waals surface area contributed by atoms with Crippen LogP contribution >= 0.6 is 11.6 Å². The highest BCUT2D eigenvalue weighted by Gasteiger charge is 2.18. The van der Waals surface area contributed by atoms with Gasteiger partial charge < -0.3 is 10.1 Å². The van der Waals surface area contributed by atoms with Crippen LogP contribution < -0.4 is 5.32 Å². The molecule has 5 nitrogen and oxygen atoms in total. The Morgan fingerprint density at radius 2 is 1.96 bits per heavy atom. The van der Waals surface area contributed by atoms with Gasteiger partial charge in [0.2, 0.25) is 5.91 Å². The largest absolute Gasteiger partial charge is 0.376 e. The third-order valence-corrected chi connectivity index (χ3v) is 5.08. The van der Waals surface area contributed by atoms with Gasteiger partial charge in [0.1, 0.15) is 0 Å². The molecule has 1 N–H and O–H groups in total. The average Bonchev–Trinajstić information content (AvgIpc) is 3.38. The van der Waals surface area contributed by atoms with Gasteiger partial charge in [0, 0.05) is 35.5 Å². The molecule has 2 aromatic carbocycles. The van der Waals surface area contributed by atoms with E-state index in [-0.39, 0.29) is 18.4 Å². The summed E-state index contributed by atoms with van der Waals surface area (Å²) in [5, 5.41) is 8.40. The van der Waals surface area contributed by atoms with E-state index in [0.717, 1.165) is 42.0 Å². The minimum absolute atomic E-state index is 0.0293. The minimum Gasteiger partial charge on any atom is -0.376 e. The van der Waals surface area contributed by atoms with Crippen LogP contribution in [-0.2, 0) is 16.0 Å². The van der Waals surface area contributed by atoms with Gasteiger partial charge in [-0.3, -0.25) is 4.79 Å². The zero-order valence-electron chi connectivity index (χ0n) is 15.5. The van der Waals surface area contributed by atoms with Gasteiger partial charge in [-0.1, -0.05) is 41.9 Å². The normalized spacial score (nSPS) is 16.2. The number of carbonyl (C=O) groups excluding carboxylic acids is 1. The van der Waals surface area contributed by atoms with Crippen LogP contribution in [0, 0.1) is 0 Å². The molecule has 4 rings (SSSR count). The Hall–Kier alpha value is -2.63. The van der Waals surface area contributed by atoms with Crippen LogP contribution in [-0.4, -0.2) is 34.9 Å². The number of halogens is 1. The van der Waals surface area contributed by atoms with Crippen molar-refractivity contribution in [3.05, 3.63) is 71.4 Å². The Morgan fingerprint density at radius 1 is 1.18 bits per heavy atom. The molecule has 0 spiro atoms. The molecule has 1 aliphatic heterocycles. The number of nitrogens with zero attached hydrogens (tertiary/aromatic N) is 2. The van der Waals surface area contributed by atoms with E-state index in [4.69, 9.17) is 21.4 Å². The van der Waals surface area contributed by atoms with E-state index in [9.17, 15) is 4.79 Å². The molecular formula is C22H22ClN3O2. The quantitative estimate of drug-likeness (QED) is 0.685. The predicted octanol–water partition coefficient (Wildman–Crippen LogP) is 4.03. The van der Waals surface area contributed by atoms with E-state index in [0.29, 0.717) is 11.6 Å². The van der Waals surface area contributed by atoms with Gasteiger partial charge >= 0.3 is 0 Å². The summed E-state index contributed by atoms with van der Waals surface area (Å²) in [5.74, 6) is -0.0293. The lowest BCUT2D eigenvalue weighted by Gasteiger charge is -2.10. The van der Waals surface area contributed by atoms with Crippen molar-refractivity contribution < 1.29 is 9.53 Å². The van der Waals surface area contributed by atoms with Gasteiger partial charge in [-0.05, 0) is 37.1 Å². The van der Waals surface area contributed by atoms with Crippen molar-refractivity contribution in [3.63, 3.8) is 0 Å². The summed E-state index contributed by atoms with van der Waals surface area (Å²) in [6.45, 7) is 1.34. The molecule has 1 aromatic heterocycles. The van der Waals surface area contributed by atoms with Crippen molar-refractivity contribution >= 4 is 17.5 Å². The highest BCUT2D eigenvalue weighted by molar-refractivity contribution is 6.30. The zero-order valence-corrected chi connectivity index (χ0v) is 16.2. The molecule has 0 bridgehead atoms. The molecule has 0 saturated carbocycles. The fourth-order valence-electron chi connectivity index (χ4n) is 3.37. The van der Waals surface area contributed by atoms with Crippen LogP contribution in [0.2, 0.25) is 5.02 Å². The smallest absolute Gasteiger partial charge is 0.224 e. The van der Waals surface area contributed by atoms with Crippen LogP contribution in [0.15, 0.2) is 60.8 Å². The predicted molar refractivity (Wildman–Crippen MR) is 110 cm³/mol. The highest BCUT2D eigenvalue weighted by Crippen LogP contribution is 2.25. The van der Waals surface area contributed by atoms with Crippen molar-refractivity contribution in [1.82, 2.24) is 15.1 Å². The Kier molecular flexibility index (Phi) is 5.74. The first-order valence-electron chi connectivity index (χ1n) is 9.47. The van der Waals surface area contributed by atoms with E-state index < -0.39 is 0 Å². The topological polar surface area (TPSA) is 56.2 Å². The summed E-state index contributed by atoms with van der Waals surface area (Å²) in [6, 6.07) is 17.4. The van der Waals surface area contributed by atoms with Gasteiger partial charge in [-0.25, -0.2) is 4.68 Å². The monoisotopic (exact) mass is 395 g/mol. The van der Waals surface area contributed by atoms with Crippen LogP contribution in [0.1, 0.15) is 18.4 Å². The van der Waals surface area contributed by atoms with Gasteiger partial charge in [0.15, 0.2) is 0 Å². The van der Waals surface area contributed by atoms with Gasteiger partial charge in [-0.15, -0.1) is 0 Å². The molecule has 0 unspecified atom stereocenters. The molecule has 3 aromatic rings. The maximum absolute atomic E-state index is 12.5. The Labute approximate surface area is 169 Å². The molecule has 144 valence electrons. The fraction of sp³-hybridized carbons (Fsp3) is 0.273. The first-order valence-corrected chi connectivity index (χ1v) is 9.85. The third kappa shape index (κ3) is 4.43. The number of carbonyl (C=O) groups is 1. The maximum Gasteiger partial charge on any atom is 0.224 e. The van der Waals surface area contributed by atoms with Crippen molar-refractivity contribution in [2.24, 2.45) is 0 Å². The summed E-state index contributed by atoms with van der Waals surface area (Å²) in [5.41, 5.74) is 3.54. The second-order valence-corrected chi connectivity index (χ2v) is 7.34. The third-order valence-electron chi connectivity index (χ3n) is 4.83. The van der Waals surface area contributed by atoms with E-state index >= 15 is 0 Å². The second kappa shape index (κ2) is 8.59. The highest BCUT2D eigenvalue weighted by atomic mass is 35.5. The number of rotatable bonds is 6. The summed E-state index contributed by atoms with van der Waals surface area (Å²) in [6.07, 6.45) is 4.38. The van der Waals surface area contributed by atoms with E-state index in [1.807, 2.05) is 65.5 Å². The van der Waals surface area contributed by atoms with Crippen molar-refractivity contribution in [2.75, 3.05) is 13.2 Å². The van der Waals surface area contributed by atoms with E-state index in [1.165, 1.54) is 0 Å². The van der Waals surface area contributed by atoms with E-state index in [2.05, 4.69) is 5.32 Å². The summed E-state index contributed by atoms with van der Waals surface area (Å²) in [4.78, 5) is 12.5. The Bertz CT molecular complexity index is 932. The summed E-state index contributed by atoms with van der Waals surface area (Å²) >= 11 is 6.03. The van der Waals surface area contributed by atoms with Gasteiger partial charge in [0.25, 0.3) is 0 Å². The van der Waals surface area contributed by atoms with Crippen molar-refractivity contribution in [1.29, 1.82) is 0 Å². The number of nitrogens with one attached hydrogen (secondary N) is 1. The standard InChI is InChI=1S/C22H22ClN3O2/c23-18-10-8-16(9-11-18)22-17(13-21(27)24-14-20-7-4-12-28-20)15-26(25-22)19-5-2-1-3-6-19/h1-3,5-6,8-11,15,20H,4,7,12-14H2,(H,24,27)/t20-/m0/s1. The molecule has 1 saturated heterocycles. The number of hydrogen-bond donors (Lipinski definition) is 1. The van der Waals surface area contributed by atoms with Crippen LogP contribution in [0.5, 0.6) is 0 Å². The zero-order chi connectivity index (χ0) is 19.3.